The molecule has 1 amide bonds. The molecule has 2 saturated heterocycles. The zero-order valence-electron chi connectivity index (χ0n) is 13.0. The topological polar surface area (TPSA) is 44.4 Å². The molecule has 4 nitrogen and oxygen atoms in total. The minimum atomic E-state index is 0.0579. The van der Waals surface area contributed by atoms with E-state index in [9.17, 15) is 4.79 Å². The van der Waals surface area contributed by atoms with Crippen molar-refractivity contribution in [3.8, 4) is 0 Å². The predicted molar refractivity (Wildman–Crippen MR) is 88.7 cm³/mol. The highest BCUT2D eigenvalue weighted by Gasteiger charge is 2.39. The van der Waals surface area contributed by atoms with Crippen molar-refractivity contribution in [3.63, 3.8) is 0 Å². The minimum absolute atomic E-state index is 0.0579. The van der Waals surface area contributed by atoms with Gasteiger partial charge in [0.15, 0.2) is 0 Å². The lowest BCUT2D eigenvalue weighted by atomic mass is 9.80. The average molecular weight is 311 g/mol. The van der Waals surface area contributed by atoms with E-state index >= 15 is 0 Å². The van der Waals surface area contributed by atoms with E-state index in [0.717, 1.165) is 25.9 Å². The zero-order chi connectivity index (χ0) is 14.5. The number of nitrogens with zero attached hydrogens (tertiary/aromatic N) is 1. The fourth-order valence-electron chi connectivity index (χ4n) is 4.14. The summed E-state index contributed by atoms with van der Waals surface area (Å²) in [5.41, 5.74) is 0.244. The van der Waals surface area contributed by atoms with Crippen molar-refractivity contribution in [2.24, 2.45) is 0 Å². The summed E-state index contributed by atoms with van der Waals surface area (Å²) in [6.45, 7) is 4.24. The van der Waals surface area contributed by atoms with Gasteiger partial charge in [0.2, 0.25) is 5.91 Å². The van der Waals surface area contributed by atoms with Gasteiger partial charge in [0, 0.05) is 36.7 Å². The van der Waals surface area contributed by atoms with Crippen molar-refractivity contribution < 1.29 is 4.79 Å². The third-order valence-corrected chi connectivity index (χ3v) is 6.38. The fraction of sp³-hybridized carbons (Fsp3) is 0.938. The van der Waals surface area contributed by atoms with Crippen LogP contribution in [0.1, 0.15) is 44.9 Å². The Morgan fingerprint density at radius 1 is 1.19 bits per heavy atom. The van der Waals surface area contributed by atoms with Crippen LogP contribution >= 0.6 is 11.8 Å². The molecule has 1 unspecified atom stereocenters. The van der Waals surface area contributed by atoms with Gasteiger partial charge in [-0.2, -0.15) is 11.8 Å². The van der Waals surface area contributed by atoms with Gasteiger partial charge in [-0.3, -0.25) is 9.69 Å². The van der Waals surface area contributed by atoms with Crippen molar-refractivity contribution >= 4 is 17.7 Å². The van der Waals surface area contributed by atoms with Crippen molar-refractivity contribution in [3.05, 3.63) is 0 Å². The molecule has 0 aromatic heterocycles. The Balaban J connectivity index is 1.60. The SMILES string of the molecule is O=C(NCC1(N2CCSCC2)CCCCC1)C1CCCN1. The van der Waals surface area contributed by atoms with Gasteiger partial charge in [-0.25, -0.2) is 0 Å². The highest BCUT2D eigenvalue weighted by Crippen LogP contribution is 2.34. The van der Waals surface area contributed by atoms with Crippen LogP contribution in [0.5, 0.6) is 0 Å². The molecule has 0 spiro atoms. The summed E-state index contributed by atoms with van der Waals surface area (Å²) in [6.07, 6.45) is 8.66. The summed E-state index contributed by atoms with van der Waals surface area (Å²) < 4.78 is 0. The quantitative estimate of drug-likeness (QED) is 0.828. The minimum Gasteiger partial charge on any atom is -0.353 e. The summed E-state index contributed by atoms with van der Waals surface area (Å²) >= 11 is 2.07. The van der Waals surface area contributed by atoms with Crippen molar-refractivity contribution in [2.75, 3.05) is 37.7 Å². The first kappa shape index (κ1) is 15.6. The van der Waals surface area contributed by atoms with Crippen LogP contribution < -0.4 is 10.6 Å². The van der Waals surface area contributed by atoms with Gasteiger partial charge >= 0.3 is 0 Å². The standard InChI is InChI=1S/C16H29N3OS/c20-15(14-5-4-8-17-14)18-13-16(6-2-1-3-7-16)19-9-11-21-12-10-19/h14,17H,1-13H2,(H,18,20). The average Bonchev–Trinajstić information content (AvgIpc) is 3.09. The van der Waals surface area contributed by atoms with Gasteiger partial charge in [0.05, 0.1) is 6.04 Å². The van der Waals surface area contributed by atoms with E-state index in [4.69, 9.17) is 0 Å². The first-order chi connectivity index (χ1) is 10.3. The van der Waals surface area contributed by atoms with E-state index < -0.39 is 0 Å². The number of rotatable bonds is 4. The molecule has 0 radical (unpaired) electrons. The second-order valence-corrected chi connectivity index (χ2v) is 7.98. The van der Waals surface area contributed by atoms with E-state index in [1.807, 2.05) is 0 Å². The van der Waals surface area contributed by atoms with Crippen molar-refractivity contribution in [1.29, 1.82) is 0 Å². The third-order valence-electron chi connectivity index (χ3n) is 5.43. The molecule has 120 valence electrons. The maximum absolute atomic E-state index is 12.3. The number of nitrogens with one attached hydrogen (secondary N) is 2. The molecule has 3 rings (SSSR count). The van der Waals surface area contributed by atoms with Crippen LogP contribution in [0.15, 0.2) is 0 Å². The second kappa shape index (κ2) is 7.34. The zero-order valence-corrected chi connectivity index (χ0v) is 13.8. The number of hydrogen-bond acceptors (Lipinski definition) is 4. The number of hydrogen-bond donors (Lipinski definition) is 2. The molecule has 5 heteroatoms. The van der Waals surface area contributed by atoms with E-state index in [0.29, 0.717) is 0 Å². The van der Waals surface area contributed by atoms with Crippen LogP contribution in [0, 0.1) is 0 Å². The van der Waals surface area contributed by atoms with Crippen LogP contribution in [0.4, 0.5) is 0 Å². The highest BCUT2D eigenvalue weighted by molar-refractivity contribution is 7.99. The highest BCUT2D eigenvalue weighted by atomic mass is 32.2. The first-order valence-electron chi connectivity index (χ1n) is 8.64. The normalized spacial score (nSPS) is 30.2. The summed E-state index contributed by atoms with van der Waals surface area (Å²) in [5, 5.41) is 6.59. The van der Waals surface area contributed by atoms with Crippen LogP contribution in [0.3, 0.4) is 0 Å². The molecular weight excluding hydrogens is 282 g/mol. The Morgan fingerprint density at radius 3 is 2.62 bits per heavy atom. The van der Waals surface area contributed by atoms with Crippen LogP contribution in [-0.2, 0) is 4.79 Å². The molecule has 3 fully saturated rings. The van der Waals surface area contributed by atoms with Gasteiger partial charge in [-0.15, -0.1) is 0 Å². The summed E-state index contributed by atoms with van der Waals surface area (Å²) in [7, 11) is 0. The van der Waals surface area contributed by atoms with E-state index in [-0.39, 0.29) is 17.5 Å². The second-order valence-electron chi connectivity index (χ2n) is 6.75. The van der Waals surface area contributed by atoms with E-state index in [1.165, 1.54) is 56.7 Å². The van der Waals surface area contributed by atoms with Gasteiger partial charge in [0.1, 0.15) is 0 Å². The maximum atomic E-state index is 12.3. The fourth-order valence-corrected chi connectivity index (χ4v) is 5.04. The number of carbonyl (C=O) groups excluding carboxylic acids is 1. The Bertz CT molecular complexity index is 345. The lowest BCUT2D eigenvalue weighted by Gasteiger charge is -2.48. The Hall–Kier alpha value is -0.260. The van der Waals surface area contributed by atoms with Crippen LogP contribution in [0.2, 0.25) is 0 Å². The first-order valence-corrected chi connectivity index (χ1v) is 9.80. The van der Waals surface area contributed by atoms with Gasteiger partial charge in [-0.1, -0.05) is 19.3 Å². The Labute approximate surface area is 132 Å². The predicted octanol–water partition coefficient (Wildman–Crippen LogP) is 1.61. The Morgan fingerprint density at radius 2 is 1.95 bits per heavy atom. The number of thioether (sulfide) groups is 1. The van der Waals surface area contributed by atoms with Crippen LogP contribution in [-0.4, -0.2) is 60.1 Å². The largest absolute Gasteiger partial charge is 0.353 e. The van der Waals surface area contributed by atoms with Gasteiger partial charge < -0.3 is 10.6 Å². The Kier molecular flexibility index (Phi) is 5.46. The molecule has 1 atom stereocenters. The molecule has 2 N–H and O–H groups in total. The molecule has 3 aliphatic rings. The lowest BCUT2D eigenvalue weighted by molar-refractivity contribution is -0.123. The molecule has 1 aliphatic carbocycles. The van der Waals surface area contributed by atoms with Gasteiger partial charge in [-0.05, 0) is 32.2 Å². The monoisotopic (exact) mass is 311 g/mol. The van der Waals surface area contributed by atoms with E-state index in [2.05, 4.69) is 27.3 Å². The summed E-state index contributed by atoms with van der Waals surface area (Å²) in [4.78, 5) is 15.0. The molecule has 1 saturated carbocycles. The van der Waals surface area contributed by atoms with Crippen molar-refractivity contribution in [2.45, 2.75) is 56.5 Å². The molecule has 2 aliphatic heterocycles. The van der Waals surface area contributed by atoms with E-state index in [1.54, 1.807) is 0 Å². The van der Waals surface area contributed by atoms with Crippen molar-refractivity contribution in [1.82, 2.24) is 15.5 Å². The molecule has 0 aromatic carbocycles. The number of amides is 1. The molecule has 21 heavy (non-hydrogen) atoms. The number of carbonyl (C=O) groups is 1. The summed E-state index contributed by atoms with van der Waals surface area (Å²) in [6, 6.07) is 0.0579. The van der Waals surface area contributed by atoms with Gasteiger partial charge in [0.25, 0.3) is 0 Å². The molecular formula is C16H29N3OS. The smallest absolute Gasteiger partial charge is 0.237 e. The lowest BCUT2D eigenvalue weighted by Crippen LogP contribution is -2.59. The van der Waals surface area contributed by atoms with Crippen LogP contribution in [0.25, 0.3) is 0 Å². The third kappa shape index (κ3) is 3.74. The maximum Gasteiger partial charge on any atom is 0.237 e. The molecule has 2 heterocycles. The molecule has 0 bridgehead atoms. The molecule has 0 aromatic rings. The summed E-state index contributed by atoms with van der Waals surface area (Å²) in [5.74, 6) is 2.73.